The largest absolute Gasteiger partial charge is 0.343 e. The highest BCUT2D eigenvalue weighted by Gasteiger charge is 2.26. The molecule has 0 aliphatic carbocycles. The summed E-state index contributed by atoms with van der Waals surface area (Å²) in [6.45, 7) is 2.62. The van der Waals surface area contributed by atoms with Crippen LogP contribution in [0.4, 0.5) is 5.69 Å². The van der Waals surface area contributed by atoms with E-state index in [1.807, 2.05) is 30.3 Å². The first-order chi connectivity index (χ1) is 13.0. The number of amides is 2. The van der Waals surface area contributed by atoms with Gasteiger partial charge in [-0.05, 0) is 25.0 Å². The molecule has 1 saturated heterocycles. The van der Waals surface area contributed by atoms with E-state index in [1.165, 1.54) is 12.1 Å². The number of carbonyl (C=O) groups is 2. The number of nitro benzene ring substituents is 1. The van der Waals surface area contributed by atoms with Crippen LogP contribution < -0.4 is 5.32 Å². The molecule has 140 valence electrons. The summed E-state index contributed by atoms with van der Waals surface area (Å²) in [5.74, 6) is -0.312. The number of hydrogen-bond donors (Lipinski definition) is 1. The Kier molecular flexibility index (Phi) is 5.49. The van der Waals surface area contributed by atoms with Crippen molar-refractivity contribution in [3.8, 4) is 0 Å². The first-order valence-corrected chi connectivity index (χ1v) is 8.85. The van der Waals surface area contributed by atoms with Crippen LogP contribution in [0.5, 0.6) is 0 Å². The fraction of sp³-hybridized carbons (Fsp3) is 0.300. The Morgan fingerprint density at radius 2 is 1.96 bits per heavy atom. The molecule has 2 amide bonds. The van der Waals surface area contributed by atoms with Gasteiger partial charge in [-0.25, -0.2) is 0 Å². The molecule has 1 aliphatic rings. The Balaban J connectivity index is 1.85. The molecule has 0 bridgehead atoms. The summed E-state index contributed by atoms with van der Waals surface area (Å²) in [5.41, 5.74) is 1.38. The third kappa shape index (κ3) is 4.13. The lowest BCUT2D eigenvalue weighted by atomic mass is 10.0. The maximum Gasteiger partial charge on any atom is 0.273 e. The lowest BCUT2D eigenvalue weighted by molar-refractivity contribution is -0.385. The number of rotatable bonds is 6. The van der Waals surface area contributed by atoms with Crippen LogP contribution in [-0.4, -0.2) is 34.7 Å². The van der Waals surface area contributed by atoms with E-state index in [-0.39, 0.29) is 23.2 Å². The van der Waals surface area contributed by atoms with Gasteiger partial charge in [0, 0.05) is 36.7 Å². The molecular weight excluding hydrogens is 346 g/mol. The van der Waals surface area contributed by atoms with Gasteiger partial charge in [0.2, 0.25) is 5.91 Å². The van der Waals surface area contributed by atoms with Crippen LogP contribution in [-0.2, 0) is 4.79 Å². The average Bonchev–Trinajstić information content (AvgIpc) is 3.06. The first-order valence-electron chi connectivity index (χ1n) is 8.85. The second-order valence-electron chi connectivity index (χ2n) is 6.59. The van der Waals surface area contributed by atoms with E-state index in [0.717, 1.165) is 12.0 Å². The van der Waals surface area contributed by atoms with Gasteiger partial charge in [0.25, 0.3) is 11.6 Å². The summed E-state index contributed by atoms with van der Waals surface area (Å²) in [6.07, 6.45) is 1.34. The third-order valence-electron chi connectivity index (χ3n) is 4.83. The van der Waals surface area contributed by atoms with E-state index in [0.29, 0.717) is 25.1 Å². The summed E-state index contributed by atoms with van der Waals surface area (Å²) >= 11 is 0. The molecule has 3 rings (SSSR count). The minimum absolute atomic E-state index is 0.0803. The second-order valence-corrected chi connectivity index (χ2v) is 6.59. The summed E-state index contributed by atoms with van der Waals surface area (Å²) in [6, 6.07) is 13.5. The van der Waals surface area contributed by atoms with Crippen molar-refractivity contribution in [2.75, 3.05) is 13.1 Å². The van der Waals surface area contributed by atoms with Crippen molar-refractivity contribution in [3.63, 3.8) is 0 Å². The number of nitrogens with zero attached hydrogens (tertiary/aromatic N) is 2. The van der Waals surface area contributed by atoms with Crippen LogP contribution in [0, 0.1) is 17.0 Å². The molecule has 0 aromatic heterocycles. The minimum atomic E-state index is -0.496. The molecule has 2 aromatic carbocycles. The van der Waals surface area contributed by atoms with Gasteiger partial charge >= 0.3 is 0 Å². The van der Waals surface area contributed by atoms with Crippen LogP contribution in [0.3, 0.4) is 0 Å². The summed E-state index contributed by atoms with van der Waals surface area (Å²) in [7, 11) is 0. The molecule has 0 saturated carbocycles. The van der Waals surface area contributed by atoms with E-state index in [1.54, 1.807) is 17.9 Å². The topological polar surface area (TPSA) is 92.6 Å². The number of benzene rings is 2. The number of carbonyl (C=O) groups excluding carboxylic acids is 2. The predicted molar refractivity (Wildman–Crippen MR) is 100 cm³/mol. The number of hydrogen-bond acceptors (Lipinski definition) is 4. The molecule has 7 nitrogen and oxygen atoms in total. The highest BCUT2D eigenvalue weighted by atomic mass is 16.6. The van der Waals surface area contributed by atoms with Gasteiger partial charge in [-0.1, -0.05) is 36.4 Å². The Bertz CT molecular complexity index is 867. The van der Waals surface area contributed by atoms with Gasteiger partial charge in [-0.3, -0.25) is 19.7 Å². The van der Waals surface area contributed by atoms with Crippen LogP contribution in [0.1, 0.15) is 40.4 Å². The monoisotopic (exact) mass is 367 g/mol. The molecule has 27 heavy (non-hydrogen) atoms. The van der Waals surface area contributed by atoms with Crippen molar-refractivity contribution < 1.29 is 14.5 Å². The van der Waals surface area contributed by atoms with Crippen LogP contribution in [0.15, 0.2) is 48.5 Å². The quantitative estimate of drug-likeness (QED) is 0.627. The van der Waals surface area contributed by atoms with Crippen molar-refractivity contribution in [2.24, 2.45) is 0 Å². The first kappa shape index (κ1) is 18.6. The maximum absolute atomic E-state index is 12.8. The average molecular weight is 367 g/mol. The normalized spacial score (nSPS) is 14.9. The molecule has 2 aromatic rings. The molecular formula is C20H21N3O4. The lowest BCUT2D eigenvalue weighted by Crippen LogP contribution is -2.38. The van der Waals surface area contributed by atoms with E-state index in [2.05, 4.69) is 5.32 Å². The Labute approximate surface area is 157 Å². The highest BCUT2D eigenvalue weighted by Crippen LogP contribution is 2.23. The lowest BCUT2D eigenvalue weighted by Gasteiger charge is -2.25. The highest BCUT2D eigenvalue weighted by molar-refractivity contribution is 5.96. The zero-order valence-corrected chi connectivity index (χ0v) is 15.1. The number of likely N-dealkylation sites (tertiary alicyclic amines) is 1. The standard InChI is InChI=1S/C20H21N3O4/c1-14-16(9-5-10-18(14)23(26)27)20(25)21-17(15-7-3-2-4-8-15)13-22-12-6-11-19(22)24/h2-5,7-10,17H,6,11-13H2,1H3,(H,21,25)/t17-/m1/s1. The molecule has 1 atom stereocenters. The molecule has 1 N–H and O–H groups in total. The van der Waals surface area contributed by atoms with Crippen LogP contribution in [0.25, 0.3) is 0 Å². The Morgan fingerprint density at radius 1 is 1.22 bits per heavy atom. The fourth-order valence-corrected chi connectivity index (χ4v) is 3.34. The molecule has 0 unspecified atom stereocenters. The van der Waals surface area contributed by atoms with Crippen molar-refractivity contribution in [2.45, 2.75) is 25.8 Å². The van der Waals surface area contributed by atoms with Crippen molar-refractivity contribution in [3.05, 3.63) is 75.3 Å². The molecule has 1 aliphatic heterocycles. The van der Waals surface area contributed by atoms with Gasteiger partial charge in [0.05, 0.1) is 11.0 Å². The number of nitrogens with one attached hydrogen (secondary N) is 1. The van der Waals surface area contributed by atoms with Gasteiger partial charge in [-0.15, -0.1) is 0 Å². The zero-order chi connectivity index (χ0) is 19.4. The summed E-state index contributed by atoms with van der Waals surface area (Å²) < 4.78 is 0. The summed E-state index contributed by atoms with van der Waals surface area (Å²) in [5, 5.41) is 14.1. The van der Waals surface area contributed by atoms with Gasteiger partial charge in [-0.2, -0.15) is 0 Å². The zero-order valence-electron chi connectivity index (χ0n) is 15.1. The Morgan fingerprint density at radius 3 is 2.59 bits per heavy atom. The smallest absolute Gasteiger partial charge is 0.273 e. The van der Waals surface area contributed by atoms with E-state index in [4.69, 9.17) is 0 Å². The third-order valence-corrected chi connectivity index (χ3v) is 4.83. The molecule has 7 heteroatoms. The van der Waals surface area contributed by atoms with Gasteiger partial charge in [0.15, 0.2) is 0 Å². The Hall–Kier alpha value is -3.22. The fourth-order valence-electron chi connectivity index (χ4n) is 3.34. The molecule has 1 fully saturated rings. The summed E-state index contributed by atoms with van der Waals surface area (Å²) in [4.78, 5) is 37.2. The van der Waals surface area contributed by atoms with Crippen molar-refractivity contribution >= 4 is 17.5 Å². The number of nitro groups is 1. The predicted octanol–water partition coefficient (Wildman–Crippen LogP) is 3.00. The molecule has 1 heterocycles. The second kappa shape index (κ2) is 7.99. The SMILES string of the molecule is Cc1c(C(=O)N[C@H](CN2CCCC2=O)c2ccccc2)cccc1[N+](=O)[O-]. The minimum Gasteiger partial charge on any atom is -0.343 e. The van der Waals surface area contributed by atoms with Gasteiger partial charge < -0.3 is 10.2 Å². The van der Waals surface area contributed by atoms with Crippen molar-refractivity contribution in [1.82, 2.24) is 10.2 Å². The van der Waals surface area contributed by atoms with E-state index < -0.39 is 10.8 Å². The molecule has 0 spiro atoms. The van der Waals surface area contributed by atoms with Gasteiger partial charge in [0.1, 0.15) is 0 Å². The maximum atomic E-state index is 12.8. The van der Waals surface area contributed by atoms with Crippen molar-refractivity contribution in [1.29, 1.82) is 0 Å². The van der Waals surface area contributed by atoms with E-state index >= 15 is 0 Å². The molecule has 0 radical (unpaired) electrons. The van der Waals surface area contributed by atoms with E-state index in [9.17, 15) is 19.7 Å². The van der Waals surface area contributed by atoms with Crippen LogP contribution in [0.2, 0.25) is 0 Å². The van der Waals surface area contributed by atoms with Crippen LogP contribution >= 0.6 is 0 Å².